The lowest BCUT2D eigenvalue weighted by Crippen LogP contribution is -2.99. The Kier molecular flexibility index (Phi) is 4.45. The molecule has 0 radical (unpaired) electrons. The van der Waals surface area contributed by atoms with Crippen LogP contribution >= 0.6 is 0 Å². The number of rotatable bonds is 6. The fourth-order valence-electron chi connectivity index (χ4n) is 5.07. The number of anilines is 1. The van der Waals surface area contributed by atoms with Crippen LogP contribution in [0.4, 0.5) is 5.69 Å². The average Bonchev–Trinajstić information content (AvgIpc) is 3.24. The van der Waals surface area contributed by atoms with E-state index >= 15 is 0 Å². The molecule has 0 aromatic heterocycles. The molecule has 2 fully saturated rings. The van der Waals surface area contributed by atoms with Crippen LogP contribution in [0.15, 0.2) is 24.3 Å². The molecule has 4 atom stereocenters. The van der Waals surface area contributed by atoms with Crippen LogP contribution in [0.3, 0.4) is 0 Å². The minimum Gasteiger partial charge on any atom is -0.550 e. The van der Waals surface area contributed by atoms with Crippen molar-refractivity contribution in [3.63, 3.8) is 0 Å². The minimum absolute atomic E-state index is 0.168. The number of amides is 3. The molecular formula is C20H23N3O5. The molecule has 28 heavy (non-hydrogen) atoms. The molecule has 8 nitrogen and oxygen atoms in total. The van der Waals surface area contributed by atoms with Gasteiger partial charge in [-0.1, -0.05) is 31.5 Å². The van der Waals surface area contributed by atoms with E-state index in [1.807, 2.05) is 6.92 Å². The predicted octanol–water partition coefficient (Wildman–Crippen LogP) is -1.29. The molecule has 2 saturated heterocycles. The number of imide groups is 1. The summed E-state index contributed by atoms with van der Waals surface area (Å²) in [5.74, 6) is -3.69. The Hall–Kier alpha value is -2.74. The third-order valence-electron chi connectivity index (χ3n) is 6.28. The maximum atomic E-state index is 13.3. The van der Waals surface area contributed by atoms with Gasteiger partial charge in [0, 0.05) is 24.5 Å². The number of nitrogens with two attached hydrogens (primary N) is 1. The first kappa shape index (κ1) is 18.6. The van der Waals surface area contributed by atoms with E-state index in [2.05, 4.69) is 5.32 Å². The highest BCUT2D eigenvalue weighted by Gasteiger charge is 2.73. The van der Waals surface area contributed by atoms with Gasteiger partial charge in [0.15, 0.2) is 0 Å². The highest BCUT2D eigenvalue weighted by molar-refractivity contribution is 6.13. The Balaban J connectivity index is 1.79. The Labute approximate surface area is 162 Å². The van der Waals surface area contributed by atoms with Crippen LogP contribution in [-0.4, -0.2) is 41.2 Å². The standard InChI is InChI=1S/C20H23N3O5/c1-2-3-10-23-17(26)15-13(8-9-14(24)25)22-20(16(15)18(23)27)11-6-4-5-7-12(11)21-19(20)28/h4-7,13,15-16,22H,2-3,8-10H2,1H3,(H,21,28)(H,24,25)/t13-,15+,16-,20+/m0/s1. The van der Waals surface area contributed by atoms with Gasteiger partial charge in [0.2, 0.25) is 17.4 Å². The number of quaternary nitrogens is 1. The average molecular weight is 385 g/mol. The number of hydrogen-bond acceptors (Lipinski definition) is 5. The van der Waals surface area contributed by atoms with Crippen molar-refractivity contribution in [3.05, 3.63) is 29.8 Å². The Bertz CT molecular complexity index is 869. The number of carboxylic acids is 1. The molecule has 4 rings (SSSR count). The number of carboxylic acid groups (broad SMARTS) is 1. The molecule has 3 amide bonds. The number of benzene rings is 1. The Morgan fingerprint density at radius 1 is 1.25 bits per heavy atom. The van der Waals surface area contributed by atoms with Crippen LogP contribution in [0.5, 0.6) is 0 Å². The summed E-state index contributed by atoms with van der Waals surface area (Å²) in [5.41, 5.74) is 0.0886. The molecule has 1 spiro atoms. The van der Waals surface area contributed by atoms with Crippen molar-refractivity contribution in [1.29, 1.82) is 0 Å². The molecule has 0 aliphatic carbocycles. The van der Waals surface area contributed by atoms with Gasteiger partial charge in [-0.2, -0.15) is 0 Å². The molecule has 8 heteroatoms. The van der Waals surface area contributed by atoms with Crippen LogP contribution in [0, 0.1) is 11.8 Å². The molecule has 1 aromatic carbocycles. The highest BCUT2D eigenvalue weighted by atomic mass is 16.4. The van der Waals surface area contributed by atoms with E-state index in [0.717, 1.165) is 6.42 Å². The Morgan fingerprint density at radius 2 is 2.00 bits per heavy atom. The Morgan fingerprint density at radius 3 is 2.71 bits per heavy atom. The fraction of sp³-hybridized carbons (Fsp3) is 0.500. The normalized spacial score (nSPS) is 30.7. The van der Waals surface area contributed by atoms with Crippen molar-refractivity contribution >= 4 is 29.4 Å². The molecule has 3 heterocycles. The monoisotopic (exact) mass is 385 g/mol. The number of carbonyl (C=O) groups is 4. The molecule has 3 aliphatic heterocycles. The molecule has 3 aliphatic rings. The van der Waals surface area contributed by atoms with Gasteiger partial charge in [0.1, 0.15) is 17.9 Å². The topological polar surface area (TPSA) is 123 Å². The van der Waals surface area contributed by atoms with Crippen LogP contribution in [0.2, 0.25) is 0 Å². The zero-order chi connectivity index (χ0) is 20.1. The van der Waals surface area contributed by atoms with Gasteiger partial charge in [-0.25, -0.2) is 0 Å². The van der Waals surface area contributed by atoms with Gasteiger partial charge < -0.3 is 20.5 Å². The number of unbranched alkanes of at least 4 members (excludes halogenated alkanes) is 1. The van der Waals surface area contributed by atoms with Gasteiger partial charge in [0.25, 0.3) is 5.91 Å². The van der Waals surface area contributed by atoms with Gasteiger partial charge >= 0.3 is 0 Å². The third-order valence-corrected chi connectivity index (χ3v) is 6.28. The maximum Gasteiger partial charge on any atom is 0.291 e. The minimum atomic E-state index is -1.23. The summed E-state index contributed by atoms with van der Waals surface area (Å²) in [7, 11) is 0. The number of aliphatic carboxylic acids is 1. The van der Waals surface area contributed by atoms with E-state index in [4.69, 9.17) is 0 Å². The number of para-hydroxylation sites is 1. The van der Waals surface area contributed by atoms with Crippen molar-refractivity contribution in [2.24, 2.45) is 11.8 Å². The van der Waals surface area contributed by atoms with E-state index < -0.39 is 29.4 Å². The lowest BCUT2D eigenvalue weighted by molar-refractivity contribution is -0.734. The van der Waals surface area contributed by atoms with Gasteiger partial charge in [-0.05, 0) is 18.9 Å². The van der Waals surface area contributed by atoms with E-state index in [-0.39, 0.29) is 30.6 Å². The fourth-order valence-corrected chi connectivity index (χ4v) is 5.07. The molecule has 148 valence electrons. The van der Waals surface area contributed by atoms with E-state index in [9.17, 15) is 24.3 Å². The van der Waals surface area contributed by atoms with Crippen LogP contribution in [-0.2, 0) is 24.7 Å². The van der Waals surface area contributed by atoms with Crippen LogP contribution in [0.1, 0.15) is 38.2 Å². The lowest BCUT2D eigenvalue weighted by atomic mass is 9.76. The summed E-state index contributed by atoms with van der Waals surface area (Å²) in [6.07, 6.45) is 1.47. The molecule has 0 unspecified atom stereocenters. The second kappa shape index (κ2) is 6.70. The first-order valence-electron chi connectivity index (χ1n) is 9.74. The molecule has 3 N–H and O–H groups in total. The van der Waals surface area contributed by atoms with Crippen molar-refractivity contribution in [3.8, 4) is 0 Å². The molecular weight excluding hydrogens is 362 g/mol. The summed E-state index contributed by atoms with van der Waals surface area (Å²) in [5, 5.41) is 15.6. The lowest BCUT2D eigenvalue weighted by Gasteiger charge is -2.26. The number of nitrogens with one attached hydrogen (secondary N) is 1. The second-order valence-corrected chi connectivity index (χ2v) is 7.80. The maximum absolute atomic E-state index is 13.3. The zero-order valence-corrected chi connectivity index (χ0v) is 15.6. The number of hydrogen-bond donors (Lipinski definition) is 2. The zero-order valence-electron chi connectivity index (χ0n) is 15.6. The smallest absolute Gasteiger partial charge is 0.291 e. The van der Waals surface area contributed by atoms with Gasteiger partial charge in [0.05, 0.1) is 5.69 Å². The largest absolute Gasteiger partial charge is 0.550 e. The highest BCUT2D eigenvalue weighted by Crippen LogP contribution is 2.49. The number of fused-ring (bicyclic) bond motifs is 4. The quantitative estimate of drug-likeness (QED) is 0.590. The summed E-state index contributed by atoms with van der Waals surface area (Å²) < 4.78 is 0. The van der Waals surface area contributed by atoms with Crippen molar-refractivity contribution < 1.29 is 29.6 Å². The number of nitrogens with zero attached hydrogens (tertiary/aromatic N) is 1. The summed E-state index contributed by atoms with van der Waals surface area (Å²) in [4.78, 5) is 51.8. The molecule has 0 bridgehead atoms. The third kappa shape index (κ3) is 2.47. The summed E-state index contributed by atoms with van der Waals surface area (Å²) in [6, 6.07) is 6.70. The summed E-state index contributed by atoms with van der Waals surface area (Å²) >= 11 is 0. The van der Waals surface area contributed by atoms with Gasteiger partial charge in [-0.3, -0.25) is 19.3 Å². The predicted molar refractivity (Wildman–Crippen MR) is 95.3 cm³/mol. The van der Waals surface area contributed by atoms with Gasteiger partial charge in [-0.15, -0.1) is 0 Å². The molecule has 1 aromatic rings. The summed E-state index contributed by atoms with van der Waals surface area (Å²) in [6.45, 7) is 2.30. The SMILES string of the molecule is CCCCN1C(=O)[C@@H]2[C@H](CCC(=O)[O-])[NH2+][C@@]3(C(=O)Nc4ccccc43)[C@@H]2C1=O. The van der Waals surface area contributed by atoms with Crippen molar-refractivity contribution in [2.45, 2.75) is 44.2 Å². The number of likely N-dealkylation sites (tertiary alicyclic amines) is 1. The first-order chi connectivity index (χ1) is 13.4. The van der Waals surface area contributed by atoms with E-state index in [1.54, 1.807) is 29.6 Å². The first-order valence-corrected chi connectivity index (χ1v) is 9.74. The second-order valence-electron chi connectivity index (χ2n) is 7.80. The van der Waals surface area contributed by atoms with Crippen LogP contribution in [0.25, 0.3) is 0 Å². The molecule has 0 saturated carbocycles. The van der Waals surface area contributed by atoms with Crippen molar-refractivity contribution in [2.75, 3.05) is 11.9 Å². The van der Waals surface area contributed by atoms with Crippen molar-refractivity contribution in [1.82, 2.24) is 4.90 Å². The van der Waals surface area contributed by atoms with E-state index in [0.29, 0.717) is 24.2 Å². The van der Waals surface area contributed by atoms with Crippen LogP contribution < -0.4 is 15.7 Å². The van der Waals surface area contributed by atoms with E-state index in [1.165, 1.54) is 4.90 Å². The number of carbonyl (C=O) groups excluding carboxylic acids is 4.